The fourth-order valence-corrected chi connectivity index (χ4v) is 1.82. The summed E-state index contributed by atoms with van der Waals surface area (Å²) in [5, 5.41) is 9.69. The summed E-state index contributed by atoms with van der Waals surface area (Å²) >= 11 is 0. The molecule has 0 spiro atoms. The van der Waals surface area contributed by atoms with Crippen molar-refractivity contribution in [3.05, 3.63) is 28.8 Å². The summed E-state index contributed by atoms with van der Waals surface area (Å²) < 4.78 is 0. The molecule has 0 unspecified atom stereocenters. The number of aromatic hydroxyl groups is 1. The molecular formula is C11H12O2. The molecular weight excluding hydrogens is 164 g/mol. The number of hydrogen-bond donors (Lipinski definition) is 1. The van der Waals surface area contributed by atoms with Crippen molar-refractivity contribution in [1.29, 1.82) is 0 Å². The molecule has 0 fully saturated rings. The normalized spacial score (nSPS) is 15.6. The van der Waals surface area contributed by atoms with Crippen molar-refractivity contribution in [3.8, 4) is 5.75 Å². The topological polar surface area (TPSA) is 37.3 Å². The van der Waals surface area contributed by atoms with E-state index < -0.39 is 0 Å². The molecule has 13 heavy (non-hydrogen) atoms. The molecule has 0 atom stereocenters. The van der Waals surface area contributed by atoms with Gasteiger partial charge in [-0.1, -0.05) is 12.1 Å². The van der Waals surface area contributed by atoms with Gasteiger partial charge in [0.05, 0.1) is 5.56 Å². The van der Waals surface area contributed by atoms with Crippen molar-refractivity contribution in [3.63, 3.8) is 0 Å². The first-order valence-corrected chi connectivity index (χ1v) is 4.55. The van der Waals surface area contributed by atoms with Gasteiger partial charge in [-0.15, -0.1) is 0 Å². The van der Waals surface area contributed by atoms with Gasteiger partial charge in [-0.3, -0.25) is 4.79 Å². The lowest BCUT2D eigenvalue weighted by molar-refractivity contribution is 0.0969. The highest BCUT2D eigenvalue weighted by Crippen LogP contribution is 2.31. The Morgan fingerprint density at radius 1 is 1.31 bits per heavy atom. The number of ketones is 1. The molecule has 1 aromatic rings. The summed E-state index contributed by atoms with van der Waals surface area (Å²) in [6, 6.07) is 3.81. The minimum atomic E-state index is 0.0856. The predicted octanol–water partition coefficient (Wildman–Crippen LogP) is 2.22. The lowest BCUT2D eigenvalue weighted by atomic mass is 9.88. The van der Waals surface area contributed by atoms with Crippen LogP contribution >= 0.6 is 0 Å². The molecule has 1 aliphatic carbocycles. The molecule has 0 saturated heterocycles. The van der Waals surface area contributed by atoms with Crippen LogP contribution in [0.1, 0.15) is 34.3 Å². The molecule has 0 bridgehead atoms. The minimum absolute atomic E-state index is 0.0856. The third-order valence-electron chi connectivity index (χ3n) is 2.59. The Morgan fingerprint density at radius 3 is 2.85 bits per heavy atom. The molecule has 2 nitrogen and oxygen atoms in total. The van der Waals surface area contributed by atoms with Gasteiger partial charge < -0.3 is 5.11 Å². The highest BCUT2D eigenvalue weighted by atomic mass is 16.3. The van der Waals surface area contributed by atoms with Crippen LogP contribution in [0.5, 0.6) is 5.75 Å². The SMILES string of the molecule is Cc1ccc2c(c1O)C(=O)CCC2. The quantitative estimate of drug-likeness (QED) is 0.658. The van der Waals surface area contributed by atoms with E-state index in [0.29, 0.717) is 12.0 Å². The molecule has 0 heterocycles. The summed E-state index contributed by atoms with van der Waals surface area (Å²) in [7, 11) is 0. The van der Waals surface area contributed by atoms with Crippen LogP contribution < -0.4 is 0 Å². The molecule has 1 aliphatic rings. The average molecular weight is 176 g/mol. The monoisotopic (exact) mass is 176 g/mol. The van der Waals surface area contributed by atoms with E-state index in [1.807, 2.05) is 19.1 Å². The zero-order valence-electron chi connectivity index (χ0n) is 7.63. The van der Waals surface area contributed by atoms with Gasteiger partial charge in [0.2, 0.25) is 0 Å². The molecule has 1 aromatic carbocycles. The van der Waals surface area contributed by atoms with E-state index in [1.165, 1.54) is 0 Å². The van der Waals surface area contributed by atoms with Crippen molar-refractivity contribution in [2.24, 2.45) is 0 Å². The molecule has 0 aromatic heterocycles. The third kappa shape index (κ3) is 1.22. The fourth-order valence-electron chi connectivity index (χ4n) is 1.82. The zero-order chi connectivity index (χ0) is 9.42. The van der Waals surface area contributed by atoms with Crippen molar-refractivity contribution in [1.82, 2.24) is 0 Å². The maximum absolute atomic E-state index is 11.5. The standard InChI is InChI=1S/C11H12O2/c1-7-5-6-8-3-2-4-9(12)10(8)11(7)13/h5-6,13H,2-4H2,1H3. The first-order valence-electron chi connectivity index (χ1n) is 4.55. The van der Waals surface area contributed by atoms with Crippen LogP contribution in [0.2, 0.25) is 0 Å². The Bertz CT molecular complexity index is 367. The van der Waals surface area contributed by atoms with Crippen LogP contribution in [-0.2, 0) is 6.42 Å². The molecule has 2 heteroatoms. The molecule has 0 amide bonds. The Hall–Kier alpha value is -1.31. The summed E-state index contributed by atoms with van der Waals surface area (Å²) in [4.78, 5) is 11.5. The lowest BCUT2D eigenvalue weighted by Crippen LogP contribution is -2.11. The summed E-state index contributed by atoms with van der Waals surface area (Å²) in [5.74, 6) is 0.268. The second-order valence-electron chi connectivity index (χ2n) is 3.54. The number of fused-ring (bicyclic) bond motifs is 1. The minimum Gasteiger partial charge on any atom is -0.507 e. The van der Waals surface area contributed by atoms with Crippen molar-refractivity contribution >= 4 is 5.78 Å². The van der Waals surface area contributed by atoms with Crippen LogP contribution in [0.3, 0.4) is 0 Å². The first-order chi connectivity index (χ1) is 6.20. The van der Waals surface area contributed by atoms with Crippen LogP contribution in [0.15, 0.2) is 12.1 Å². The van der Waals surface area contributed by atoms with Gasteiger partial charge in [0.25, 0.3) is 0 Å². The lowest BCUT2D eigenvalue weighted by Gasteiger charge is -2.16. The van der Waals surface area contributed by atoms with E-state index in [4.69, 9.17) is 0 Å². The Balaban J connectivity index is 2.65. The highest BCUT2D eigenvalue weighted by Gasteiger charge is 2.21. The van der Waals surface area contributed by atoms with Crippen molar-refractivity contribution in [2.75, 3.05) is 0 Å². The maximum Gasteiger partial charge on any atom is 0.166 e. The Morgan fingerprint density at radius 2 is 2.08 bits per heavy atom. The summed E-state index contributed by atoms with van der Waals surface area (Å²) in [6.07, 6.45) is 2.40. The Labute approximate surface area is 77.2 Å². The smallest absolute Gasteiger partial charge is 0.166 e. The van der Waals surface area contributed by atoms with Gasteiger partial charge in [-0.25, -0.2) is 0 Å². The van der Waals surface area contributed by atoms with Gasteiger partial charge in [-0.2, -0.15) is 0 Å². The number of hydrogen-bond acceptors (Lipinski definition) is 2. The highest BCUT2D eigenvalue weighted by molar-refractivity contribution is 6.01. The number of Topliss-reactive ketones (excluding diaryl/α,β-unsaturated/α-hetero) is 1. The second kappa shape index (κ2) is 2.87. The number of rotatable bonds is 0. The summed E-state index contributed by atoms with van der Waals surface area (Å²) in [5.41, 5.74) is 2.35. The van der Waals surface area contributed by atoms with Gasteiger partial charge in [0, 0.05) is 6.42 Å². The van der Waals surface area contributed by atoms with Gasteiger partial charge in [0.1, 0.15) is 5.75 Å². The molecule has 0 saturated carbocycles. The summed E-state index contributed by atoms with van der Waals surface area (Å²) in [6.45, 7) is 1.82. The zero-order valence-corrected chi connectivity index (χ0v) is 7.63. The second-order valence-corrected chi connectivity index (χ2v) is 3.54. The molecule has 0 radical (unpaired) electrons. The van der Waals surface area contributed by atoms with Gasteiger partial charge >= 0.3 is 0 Å². The number of phenols is 1. The van der Waals surface area contributed by atoms with E-state index in [2.05, 4.69) is 0 Å². The van der Waals surface area contributed by atoms with Gasteiger partial charge in [0.15, 0.2) is 5.78 Å². The van der Waals surface area contributed by atoms with Crippen LogP contribution in [-0.4, -0.2) is 10.9 Å². The van der Waals surface area contributed by atoms with Crippen molar-refractivity contribution in [2.45, 2.75) is 26.2 Å². The molecule has 0 aliphatic heterocycles. The molecule has 1 N–H and O–H groups in total. The number of aryl methyl sites for hydroxylation is 2. The van der Waals surface area contributed by atoms with Gasteiger partial charge in [-0.05, 0) is 30.9 Å². The third-order valence-corrected chi connectivity index (χ3v) is 2.59. The predicted molar refractivity (Wildman–Crippen MR) is 50.1 cm³/mol. The largest absolute Gasteiger partial charge is 0.507 e. The van der Waals surface area contributed by atoms with Crippen LogP contribution in [0.4, 0.5) is 0 Å². The Kier molecular flexibility index (Phi) is 1.83. The molecule has 2 rings (SSSR count). The maximum atomic E-state index is 11.5. The van der Waals surface area contributed by atoms with E-state index in [-0.39, 0.29) is 11.5 Å². The van der Waals surface area contributed by atoms with E-state index in [1.54, 1.807) is 0 Å². The van der Waals surface area contributed by atoms with E-state index >= 15 is 0 Å². The molecule has 68 valence electrons. The fraction of sp³-hybridized carbons (Fsp3) is 0.364. The van der Waals surface area contributed by atoms with Crippen molar-refractivity contribution < 1.29 is 9.90 Å². The average Bonchev–Trinajstić information content (AvgIpc) is 2.12. The number of carbonyl (C=O) groups is 1. The van der Waals surface area contributed by atoms with Crippen LogP contribution in [0, 0.1) is 6.92 Å². The number of phenolic OH excluding ortho intramolecular Hbond substituents is 1. The van der Waals surface area contributed by atoms with E-state index in [9.17, 15) is 9.90 Å². The number of benzene rings is 1. The van der Waals surface area contributed by atoms with Crippen LogP contribution in [0.25, 0.3) is 0 Å². The number of carbonyl (C=O) groups excluding carboxylic acids is 1. The first kappa shape index (κ1) is 8.30. The van der Waals surface area contributed by atoms with E-state index in [0.717, 1.165) is 24.0 Å².